The zero-order chi connectivity index (χ0) is 13.1. The molecule has 0 saturated carbocycles. The monoisotopic (exact) mass is 247 g/mol. The molecule has 1 unspecified atom stereocenters. The number of allylic oxidation sites excluding steroid dienone is 2. The van der Waals surface area contributed by atoms with E-state index in [-0.39, 0.29) is 6.04 Å². The van der Waals surface area contributed by atoms with Crippen LogP contribution in [0, 0.1) is 0 Å². The first kappa shape index (κ1) is 11.8. The van der Waals surface area contributed by atoms with Crippen LogP contribution >= 0.6 is 0 Å². The summed E-state index contributed by atoms with van der Waals surface area (Å²) in [5, 5.41) is 3.41. The first-order chi connectivity index (χ1) is 9.33. The standard InChI is InChI=1S/C18H17N/c1-14-10-11-18(19-13-14)17-9-5-8-16(12-17)15-6-3-2-4-7-15/h2-13,18-19H,1H3. The lowest BCUT2D eigenvalue weighted by molar-refractivity contribution is 0.739. The number of hydrogen-bond acceptors (Lipinski definition) is 1. The van der Waals surface area contributed by atoms with Crippen LogP contribution in [-0.2, 0) is 0 Å². The molecule has 0 amide bonds. The number of hydrogen-bond donors (Lipinski definition) is 1. The van der Waals surface area contributed by atoms with Crippen molar-refractivity contribution >= 4 is 0 Å². The van der Waals surface area contributed by atoms with Gasteiger partial charge in [0.25, 0.3) is 0 Å². The molecule has 1 N–H and O–H groups in total. The summed E-state index contributed by atoms with van der Waals surface area (Å²) in [7, 11) is 0. The summed E-state index contributed by atoms with van der Waals surface area (Å²) >= 11 is 0. The SMILES string of the molecule is CC1=CNC(c2cccc(-c3ccccc3)c2)C=C1. The number of dihydropyridines is 1. The first-order valence-corrected chi connectivity index (χ1v) is 6.59. The first-order valence-electron chi connectivity index (χ1n) is 6.59. The van der Waals surface area contributed by atoms with E-state index in [1.807, 2.05) is 6.07 Å². The number of nitrogens with one attached hydrogen (secondary N) is 1. The summed E-state index contributed by atoms with van der Waals surface area (Å²) in [6.45, 7) is 2.10. The normalized spacial score (nSPS) is 17.7. The average molecular weight is 247 g/mol. The third kappa shape index (κ3) is 2.60. The Morgan fingerprint density at radius 1 is 0.895 bits per heavy atom. The third-order valence-corrected chi connectivity index (χ3v) is 3.39. The Bertz CT molecular complexity index is 623. The molecule has 94 valence electrons. The number of rotatable bonds is 2. The van der Waals surface area contributed by atoms with E-state index < -0.39 is 0 Å². The van der Waals surface area contributed by atoms with E-state index in [0.717, 1.165) is 0 Å². The van der Waals surface area contributed by atoms with E-state index in [1.54, 1.807) is 0 Å². The highest BCUT2D eigenvalue weighted by molar-refractivity contribution is 5.64. The van der Waals surface area contributed by atoms with E-state index in [1.165, 1.54) is 22.3 Å². The predicted molar refractivity (Wildman–Crippen MR) is 80.7 cm³/mol. The van der Waals surface area contributed by atoms with Crippen LogP contribution in [-0.4, -0.2) is 0 Å². The molecule has 2 aromatic rings. The zero-order valence-electron chi connectivity index (χ0n) is 11.0. The quantitative estimate of drug-likeness (QED) is 0.826. The van der Waals surface area contributed by atoms with Gasteiger partial charge < -0.3 is 5.32 Å². The van der Waals surface area contributed by atoms with Crippen LogP contribution < -0.4 is 5.32 Å². The lowest BCUT2D eigenvalue weighted by Gasteiger charge is -2.18. The van der Waals surface area contributed by atoms with Crippen LogP contribution in [0.5, 0.6) is 0 Å². The summed E-state index contributed by atoms with van der Waals surface area (Å²) < 4.78 is 0. The van der Waals surface area contributed by atoms with Crippen molar-refractivity contribution in [3.8, 4) is 11.1 Å². The maximum absolute atomic E-state index is 3.41. The largest absolute Gasteiger partial charge is 0.380 e. The van der Waals surface area contributed by atoms with E-state index in [2.05, 4.69) is 79.1 Å². The van der Waals surface area contributed by atoms with E-state index in [4.69, 9.17) is 0 Å². The highest BCUT2D eigenvalue weighted by atomic mass is 14.9. The molecule has 0 fully saturated rings. The van der Waals surface area contributed by atoms with Gasteiger partial charge in [0.05, 0.1) is 6.04 Å². The van der Waals surface area contributed by atoms with Crippen molar-refractivity contribution in [2.24, 2.45) is 0 Å². The summed E-state index contributed by atoms with van der Waals surface area (Å²) in [6.07, 6.45) is 6.44. The minimum atomic E-state index is 0.271. The Morgan fingerprint density at radius 2 is 1.68 bits per heavy atom. The van der Waals surface area contributed by atoms with Gasteiger partial charge in [-0.1, -0.05) is 60.7 Å². The van der Waals surface area contributed by atoms with Crippen LogP contribution in [0.1, 0.15) is 18.5 Å². The van der Waals surface area contributed by atoms with Gasteiger partial charge in [-0.3, -0.25) is 0 Å². The van der Waals surface area contributed by atoms with Crippen molar-refractivity contribution in [1.29, 1.82) is 0 Å². The second-order valence-corrected chi connectivity index (χ2v) is 4.88. The van der Waals surface area contributed by atoms with E-state index in [9.17, 15) is 0 Å². The van der Waals surface area contributed by atoms with Crippen molar-refractivity contribution in [1.82, 2.24) is 5.32 Å². The topological polar surface area (TPSA) is 12.0 Å². The number of benzene rings is 2. The van der Waals surface area contributed by atoms with Gasteiger partial charge in [-0.05, 0) is 35.3 Å². The van der Waals surface area contributed by atoms with Crippen LogP contribution in [0.2, 0.25) is 0 Å². The van der Waals surface area contributed by atoms with Gasteiger partial charge in [0.1, 0.15) is 0 Å². The van der Waals surface area contributed by atoms with Gasteiger partial charge in [-0.2, -0.15) is 0 Å². The Balaban J connectivity index is 1.91. The third-order valence-electron chi connectivity index (χ3n) is 3.39. The van der Waals surface area contributed by atoms with Crippen LogP contribution in [0.15, 0.2) is 78.5 Å². The molecule has 1 nitrogen and oxygen atoms in total. The summed E-state index contributed by atoms with van der Waals surface area (Å²) in [4.78, 5) is 0. The van der Waals surface area contributed by atoms with Crippen molar-refractivity contribution in [2.45, 2.75) is 13.0 Å². The van der Waals surface area contributed by atoms with Gasteiger partial charge in [-0.25, -0.2) is 0 Å². The van der Waals surface area contributed by atoms with Crippen molar-refractivity contribution in [3.63, 3.8) is 0 Å². The van der Waals surface area contributed by atoms with Gasteiger partial charge >= 0.3 is 0 Å². The summed E-state index contributed by atoms with van der Waals surface area (Å²) in [5.74, 6) is 0. The minimum absolute atomic E-state index is 0.271. The Morgan fingerprint density at radius 3 is 2.42 bits per heavy atom. The van der Waals surface area contributed by atoms with Crippen molar-refractivity contribution in [2.75, 3.05) is 0 Å². The lowest BCUT2D eigenvalue weighted by atomic mass is 9.98. The summed E-state index contributed by atoms with van der Waals surface area (Å²) in [5.41, 5.74) is 5.08. The highest BCUT2D eigenvalue weighted by Crippen LogP contribution is 2.25. The molecule has 0 aromatic heterocycles. The molecule has 0 spiro atoms. The van der Waals surface area contributed by atoms with Crippen molar-refractivity contribution in [3.05, 3.63) is 84.1 Å². The molecule has 0 bridgehead atoms. The molecule has 1 atom stereocenters. The second kappa shape index (κ2) is 5.15. The second-order valence-electron chi connectivity index (χ2n) is 4.88. The van der Waals surface area contributed by atoms with Gasteiger partial charge in [0.2, 0.25) is 0 Å². The van der Waals surface area contributed by atoms with Crippen LogP contribution in [0.4, 0.5) is 0 Å². The molecule has 2 aromatic carbocycles. The molecular formula is C18H17N. The summed E-state index contributed by atoms with van der Waals surface area (Å²) in [6, 6.07) is 19.5. The zero-order valence-corrected chi connectivity index (χ0v) is 11.0. The van der Waals surface area contributed by atoms with E-state index in [0.29, 0.717) is 0 Å². The molecule has 0 saturated heterocycles. The fourth-order valence-corrected chi connectivity index (χ4v) is 2.32. The Kier molecular flexibility index (Phi) is 3.20. The van der Waals surface area contributed by atoms with Crippen LogP contribution in [0.25, 0.3) is 11.1 Å². The Labute approximate surface area is 114 Å². The fraction of sp³-hybridized carbons (Fsp3) is 0.111. The molecule has 1 aliphatic rings. The predicted octanol–water partition coefficient (Wildman–Crippen LogP) is 4.46. The molecular weight excluding hydrogens is 230 g/mol. The molecule has 1 heterocycles. The molecule has 0 aliphatic carbocycles. The van der Waals surface area contributed by atoms with Gasteiger partial charge in [-0.15, -0.1) is 0 Å². The average Bonchev–Trinajstić information content (AvgIpc) is 2.49. The minimum Gasteiger partial charge on any atom is -0.380 e. The molecule has 19 heavy (non-hydrogen) atoms. The molecule has 0 radical (unpaired) electrons. The highest BCUT2D eigenvalue weighted by Gasteiger charge is 2.09. The Hall–Kier alpha value is -2.28. The van der Waals surface area contributed by atoms with Crippen molar-refractivity contribution < 1.29 is 0 Å². The van der Waals surface area contributed by atoms with E-state index >= 15 is 0 Å². The maximum Gasteiger partial charge on any atom is 0.0696 e. The lowest BCUT2D eigenvalue weighted by Crippen LogP contribution is -2.16. The maximum atomic E-state index is 3.41. The van der Waals surface area contributed by atoms with Gasteiger partial charge in [0.15, 0.2) is 0 Å². The fourth-order valence-electron chi connectivity index (χ4n) is 2.32. The molecule has 1 aliphatic heterocycles. The van der Waals surface area contributed by atoms with Crippen LogP contribution in [0.3, 0.4) is 0 Å². The smallest absolute Gasteiger partial charge is 0.0696 e. The molecule has 3 rings (SSSR count). The van der Waals surface area contributed by atoms with Gasteiger partial charge in [0, 0.05) is 6.20 Å². The molecule has 1 heteroatoms.